The molecule has 1 heterocycles. The molecule has 4 heteroatoms. The molecule has 1 N–H and O–H groups in total. The van der Waals surface area contributed by atoms with Crippen LogP contribution in [0.5, 0.6) is 0 Å². The Balaban J connectivity index is 2.18. The zero-order valence-corrected chi connectivity index (χ0v) is 9.58. The third-order valence-electron chi connectivity index (χ3n) is 2.14. The van der Waals surface area contributed by atoms with Gasteiger partial charge in [-0.15, -0.1) is 11.8 Å². The maximum Gasteiger partial charge on any atom is 0.258 e. The van der Waals surface area contributed by atoms with E-state index in [2.05, 4.69) is 5.32 Å². The number of hydrogen-bond acceptors (Lipinski definition) is 3. The minimum Gasteiger partial charge on any atom is -0.472 e. The molecule has 0 saturated heterocycles. The van der Waals surface area contributed by atoms with Gasteiger partial charge in [-0.3, -0.25) is 4.79 Å². The van der Waals surface area contributed by atoms with Crippen molar-refractivity contribution in [2.45, 2.75) is 4.90 Å². The molecule has 1 aromatic carbocycles. The Hall–Kier alpha value is -1.68. The van der Waals surface area contributed by atoms with E-state index in [1.807, 2.05) is 30.5 Å². The molecular weight excluding hydrogens is 222 g/mol. The van der Waals surface area contributed by atoms with Crippen LogP contribution in [0.25, 0.3) is 0 Å². The highest BCUT2D eigenvalue weighted by atomic mass is 32.2. The van der Waals surface area contributed by atoms with Crippen molar-refractivity contribution < 1.29 is 9.21 Å². The van der Waals surface area contributed by atoms with E-state index in [-0.39, 0.29) is 5.91 Å². The van der Waals surface area contributed by atoms with Crippen molar-refractivity contribution in [3.8, 4) is 0 Å². The van der Waals surface area contributed by atoms with Gasteiger partial charge in [0.25, 0.3) is 5.91 Å². The number of carbonyl (C=O) groups excluding carboxylic acids is 1. The zero-order valence-electron chi connectivity index (χ0n) is 8.77. The summed E-state index contributed by atoms with van der Waals surface area (Å²) in [6, 6.07) is 9.32. The number of anilines is 1. The van der Waals surface area contributed by atoms with Crippen LogP contribution in [0.15, 0.2) is 52.2 Å². The zero-order chi connectivity index (χ0) is 11.4. The summed E-state index contributed by atoms with van der Waals surface area (Å²) >= 11 is 1.60. The van der Waals surface area contributed by atoms with Crippen LogP contribution in [-0.4, -0.2) is 12.2 Å². The highest BCUT2D eigenvalue weighted by Gasteiger charge is 2.08. The lowest BCUT2D eigenvalue weighted by molar-refractivity contribution is 0.102. The summed E-state index contributed by atoms with van der Waals surface area (Å²) in [5, 5.41) is 2.84. The highest BCUT2D eigenvalue weighted by Crippen LogP contribution is 2.24. The van der Waals surface area contributed by atoms with Crippen LogP contribution in [-0.2, 0) is 0 Å². The molecule has 3 nitrogen and oxygen atoms in total. The van der Waals surface area contributed by atoms with E-state index in [1.54, 1.807) is 17.8 Å². The molecule has 0 aliphatic heterocycles. The normalized spacial score (nSPS) is 10.1. The van der Waals surface area contributed by atoms with Crippen molar-refractivity contribution >= 4 is 23.4 Å². The van der Waals surface area contributed by atoms with Crippen molar-refractivity contribution in [3.05, 3.63) is 48.4 Å². The Morgan fingerprint density at radius 3 is 2.81 bits per heavy atom. The van der Waals surface area contributed by atoms with Crippen LogP contribution in [0.4, 0.5) is 5.69 Å². The summed E-state index contributed by atoms with van der Waals surface area (Å²) in [6.07, 6.45) is 4.88. The third kappa shape index (κ3) is 2.28. The van der Waals surface area contributed by atoms with E-state index in [0.717, 1.165) is 10.6 Å². The lowest BCUT2D eigenvalue weighted by Crippen LogP contribution is -2.11. The van der Waals surface area contributed by atoms with Crippen LogP contribution < -0.4 is 5.32 Å². The van der Waals surface area contributed by atoms with E-state index in [0.29, 0.717) is 5.56 Å². The Morgan fingerprint density at radius 2 is 2.12 bits per heavy atom. The number of rotatable bonds is 3. The molecule has 0 fully saturated rings. The fraction of sp³-hybridized carbons (Fsp3) is 0.0833. The molecule has 16 heavy (non-hydrogen) atoms. The van der Waals surface area contributed by atoms with Gasteiger partial charge < -0.3 is 9.73 Å². The lowest BCUT2D eigenvalue weighted by Gasteiger charge is -2.07. The second kappa shape index (κ2) is 4.90. The van der Waals surface area contributed by atoms with Crippen LogP contribution in [0.3, 0.4) is 0 Å². The van der Waals surface area contributed by atoms with Crippen LogP contribution in [0.2, 0.25) is 0 Å². The molecule has 0 saturated carbocycles. The molecule has 1 amide bonds. The van der Waals surface area contributed by atoms with Gasteiger partial charge in [0.15, 0.2) is 0 Å². The maximum atomic E-state index is 11.8. The van der Waals surface area contributed by atoms with Gasteiger partial charge in [0.05, 0.1) is 17.5 Å². The first-order valence-corrected chi connectivity index (χ1v) is 6.00. The molecule has 0 aliphatic rings. The number of amides is 1. The number of hydrogen-bond donors (Lipinski definition) is 1. The maximum absolute atomic E-state index is 11.8. The first-order valence-electron chi connectivity index (χ1n) is 4.78. The second-order valence-electron chi connectivity index (χ2n) is 3.17. The van der Waals surface area contributed by atoms with Gasteiger partial charge in [0.2, 0.25) is 0 Å². The molecule has 0 bridgehead atoms. The first kappa shape index (κ1) is 10.8. The smallest absolute Gasteiger partial charge is 0.258 e. The number of carbonyl (C=O) groups is 1. The second-order valence-corrected chi connectivity index (χ2v) is 4.01. The minimum atomic E-state index is -0.157. The van der Waals surface area contributed by atoms with Crippen LogP contribution in [0.1, 0.15) is 10.4 Å². The molecule has 0 atom stereocenters. The predicted octanol–water partition coefficient (Wildman–Crippen LogP) is 3.25. The van der Waals surface area contributed by atoms with Gasteiger partial charge in [-0.05, 0) is 24.5 Å². The Labute approximate surface area is 97.8 Å². The average Bonchev–Trinajstić information content (AvgIpc) is 2.83. The fourth-order valence-corrected chi connectivity index (χ4v) is 1.89. The highest BCUT2D eigenvalue weighted by molar-refractivity contribution is 7.98. The quantitative estimate of drug-likeness (QED) is 0.827. The third-order valence-corrected chi connectivity index (χ3v) is 2.93. The summed E-state index contributed by atoms with van der Waals surface area (Å²) in [5.41, 5.74) is 1.34. The summed E-state index contributed by atoms with van der Waals surface area (Å²) in [4.78, 5) is 12.8. The SMILES string of the molecule is CSc1ccccc1NC(=O)c1ccoc1. The molecule has 82 valence electrons. The number of benzene rings is 1. The standard InChI is InChI=1S/C12H11NO2S/c1-16-11-5-3-2-4-10(11)13-12(14)9-6-7-15-8-9/h2-8H,1H3,(H,13,14). The number of nitrogens with one attached hydrogen (secondary N) is 1. The van der Waals surface area contributed by atoms with Crippen LogP contribution >= 0.6 is 11.8 Å². The van der Waals surface area contributed by atoms with Gasteiger partial charge in [-0.1, -0.05) is 12.1 Å². The Morgan fingerprint density at radius 1 is 1.31 bits per heavy atom. The molecule has 2 rings (SSSR count). The van der Waals surface area contributed by atoms with Gasteiger partial charge in [0.1, 0.15) is 6.26 Å². The topological polar surface area (TPSA) is 42.2 Å². The molecule has 0 spiro atoms. The molecular formula is C12H11NO2S. The van der Waals surface area contributed by atoms with Gasteiger partial charge >= 0.3 is 0 Å². The van der Waals surface area contributed by atoms with Crippen molar-refractivity contribution in [3.63, 3.8) is 0 Å². The number of para-hydroxylation sites is 1. The van der Waals surface area contributed by atoms with Crippen LogP contribution in [0, 0.1) is 0 Å². The van der Waals surface area contributed by atoms with Crippen molar-refractivity contribution in [2.75, 3.05) is 11.6 Å². The van der Waals surface area contributed by atoms with Gasteiger partial charge in [-0.25, -0.2) is 0 Å². The van der Waals surface area contributed by atoms with E-state index >= 15 is 0 Å². The van der Waals surface area contributed by atoms with Crippen molar-refractivity contribution in [1.82, 2.24) is 0 Å². The van der Waals surface area contributed by atoms with E-state index < -0.39 is 0 Å². The van der Waals surface area contributed by atoms with E-state index in [9.17, 15) is 4.79 Å². The summed E-state index contributed by atoms with van der Waals surface area (Å²) in [6.45, 7) is 0. The summed E-state index contributed by atoms with van der Waals surface area (Å²) < 4.78 is 4.86. The monoisotopic (exact) mass is 233 g/mol. The van der Waals surface area contributed by atoms with Gasteiger partial charge in [0, 0.05) is 4.90 Å². The minimum absolute atomic E-state index is 0.157. The predicted molar refractivity (Wildman–Crippen MR) is 64.9 cm³/mol. The summed E-state index contributed by atoms with van der Waals surface area (Å²) in [5.74, 6) is -0.157. The molecule has 0 aliphatic carbocycles. The average molecular weight is 233 g/mol. The fourth-order valence-electron chi connectivity index (χ4n) is 1.34. The molecule has 2 aromatic rings. The lowest BCUT2D eigenvalue weighted by atomic mass is 10.3. The number of thioether (sulfide) groups is 1. The van der Waals surface area contributed by atoms with Crippen molar-refractivity contribution in [1.29, 1.82) is 0 Å². The van der Waals surface area contributed by atoms with Crippen molar-refractivity contribution in [2.24, 2.45) is 0 Å². The molecule has 1 aromatic heterocycles. The summed E-state index contributed by atoms with van der Waals surface area (Å²) in [7, 11) is 0. The largest absolute Gasteiger partial charge is 0.472 e. The number of furan rings is 1. The van der Waals surface area contributed by atoms with Gasteiger partial charge in [-0.2, -0.15) is 0 Å². The first-order chi connectivity index (χ1) is 7.81. The molecule has 0 unspecified atom stereocenters. The Kier molecular flexibility index (Phi) is 3.31. The van der Waals surface area contributed by atoms with E-state index in [1.165, 1.54) is 12.5 Å². The Bertz CT molecular complexity index is 480. The molecule has 0 radical (unpaired) electrons. The van der Waals surface area contributed by atoms with E-state index in [4.69, 9.17) is 4.42 Å².